The first-order valence-corrected chi connectivity index (χ1v) is 12.0. The van der Waals surface area contributed by atoms with E-state index >= 15 is 0 Å². The molecule has 8 nitrogen and oxygen atoms in total. The largest absolute Gasteiger partial charge is 0.490 e. The molecule has 0 bridgehead atoms. The van der Waals surface area contributed by atoms with Crippen LogP contribution in [0.1, 0.15) is 24.5 Å². The Balaban J connectivity index is 1.32. The molecule has 0 spiro atoms. The smallest absolute Gasteiger partial charge is 0.255 e. The number of likely N-dealkylation sites (tertiary alicyclic amines) is 1. The lowest BCUT2D eigenvalue weighted by atomic mass is 10.1. The molecule has 5 rings (SSSR count). The van der Waals surface area contributed by atoms with Crippen LogP contribution >= 0.6 is 0 Å². The molecule has 1 aromatic carbocycles. The first-order valence-electron chi connectivity index (χ1n) is 12.0. The van der Waals surface area contributed by atoms with Crippen molar-refractivity contribution in [2.24, 2.45) is 7.05 Å². The highest BCUT2D eigenvalue weighted by Crippen LogP contribution is 2.28. The average molecular weight is 480 g/mol. The van der Waals surface area contributed by atoms with E-state index in [-0.39, 0.29) is 23.3 Å². The maximum atomic E-state index is 14.3. The summed E-state index contributed by atoms with van der Waals surface area (Å²) in [7, 11) is 3.82. The van der Waals surface area contributed by atoms with Crippen LogP contribution < -0.4 is 15.2 Å². The maximum Gasteiger partial charge on any atom is 0.255 e. The number of ether oxygens (including phenoxy) is 2. The normalized spacial score (nSPS) is 19.6. The SMILES string of the molecule is CN1CCC(Oc2ccc([C@H]3CN(c4nc(-c5ccncc5F)cc(=O)n4C)CCO3)cc2)CC1. The Labute approximate surface area is 203 Å². The van der Waals surface area contributed by atoms with E-state index < -0.39 is 5.82 Å². The number of piperidine rings is 1. The van der Waals surface area contributed by atoms with Crippen molar-refractivity contribution in [3.05, 3.63) is 70.5 Å². The lowest BCUT2D eigenvalue weighted by Crippen LogP contribution is -2.41. The second kappa shape index (κ2) is 10.1. The molecule has 0 N–H and O–H groups in total. The number of halogens is 1. The first kappa shape index (κ1) is 23.4. The summed E-state index contributed by atoms with van der Waals surface area (Å²) in [5, 5.41) is 0. The van der Waals surface area contributed by atoms with Crippen molar-refractivity contribution in [3.63, 3.8) is 0 Å². The quantitative estimate of drug-likeness (QED) is 0.557. The monoisotopic (exact) mass is 479 g/mol. The number of hydrogen-bond acceptors (Lipinski definition) is 7. The predicted molar refractivity (Wildman–Crippen MR) is 131 cm³/mol. The Morgan fingerprint density at radius 3 is 2.60 bits per heavy atom. The highest BCUT2D eigenvalue weighted by atomic mass is 19.1. The Hall–Kier alpha value is -3.30. The van der Waals surface area contributed by atoms with E-state index in [1.165, 1.54) is 22.9 Å². The molecule has 2 aliphatic heterocycles. The minimum atomic E-state index is -0.512. The van der Waals surface area contributed by atoms with Gasteiger partial charge in [-0.25, -0.2) is 9.37 Å². The van der Waals surface area contributed by atoms with Gasteiger partial charge in [-0.2, -0.15) is 0 Å². The van der Waals surface area contributed by atoms with Gasteiger partial charge in [0.25, 0.3) is 5.56 Å². The molecule has 35 heavy (non-hydrogen) atoms. The third kappa shape index (κ3) is 5.21. The minimum absolute atomic E-state index is 0.181. The van der Waals surface area contributed by atoms with Crippen LogP contribution in [0.2, 0.25) is 0 Å². The van der Waals surface area contributed by atoms with Gasteiger partial charge in [0.1, 0.15) is 18.0 Å². The van der Waals surface area contributed by atoms with Crippen molar-refractivity contribution < 1.29 is 13.9 Å². The van der Waals surface area contributed by atoms with Gasteiger partial charge in [0.2, 0.25) is 5.95 Å². The summed E-state index contributed by atoms with van der Waals surface area (Å²) in [5.41, 5.74) is 1.33. The van der Waals surface area contributed by atoms with Gasteiger partial charge in [-0.1, -0.05) is 12.1 Å². The summed E-state index contributed by atoms with van der Waals surface area (Å²) in [4.78, 5) is 25.4. The number of pyridine rings is 1. The van der Waals surface area contributed by atoms with Crippen LogP contribution in [-0.2, 0) is 11.8 Å². The maximum absolute atomic E-state index is 14.3. The van der Waals surface area contributed by atoms with Crippen molar-refractivity contribution in [3.8, 4) is 17.0 Å². The molecule has 4 heterocycles. The van der Waals surface area contributed by atoms with Gasteiger partial charge < -0.3 is 19.3 Å². The molecule has 1 atom stereocenters. The van der Waals surface area contributed by atoms with Gasteiger partial charge in [-0.3, -0.25) is 14.3 Å². The van der Waals surface area contributed by atoms with Gasteiger partial charge in [0.05, 0.1) is 25.0 Å². The van der Waals surface area contributed by atoms with Gasteiger partial charge in [0.15, 0.2) is 5.82 Å². The van der Waals surface area contributed by atoms with Crippen LogP contribution in [0.4, 0.5) is 10.3 Å². The molecule has 184 valence electrons. The van der Waals surface area contributed by atoms with Crippen molar-refractivity contribution in [2.45, 2.75) is 25.0 Å². The summed E-state index contributed by atoms with van der Waals surface area (Å²) in [6, 6.07) is 10.9. The lowest BCUT2D eigenvalue weighted by Gasteiger charge is -2.34. The van der Waals surface area contributed by atoms with Crippen LogP contribution in [0.5, 0.6) is 5.75 Å². The fourth-order valence-corrected chi connectivity index (χ4v) is 4.62. The summed E-state index contributed by atoms with van der Waals surface area (Å²) in [5.74, 6) is 0.841. The van der Waals surface area contributed by atoms with E-state index in [1.807, 2.05) is 29.2 Å². The fraction of sp³-hybridized carbons (Fsp3) is 0.423. The molecule has 3 aromatic rings. The number of morpholine rings is 1. The van der Waals surface area contributed by atoms with Crippen molar-refractivity contribution >= 4 is 5.95 Å². The van der Waals surface area contributed by atoms with Crippen molar-refractivity contribution in [2.75, 3.05) is 44.7 Å². The zero-order chi connectivity index (χ0) is 24.4. The van der Waals surface area contributed by atoms with Crippen LogP contribution in [0.25, 0.3) is 11.3 Å². The molecule has 0 saturated carbocycles. The first-order chi connectivity index (χ1) is 17.0. The molecular weight excluding hydrogens is 449 g/mol. The molecule has 0 radical (unpaired) electrons. The van der Waals surface area contributed by atoms with Crippen LogP contribution in [0.15, 0.2) is 53.6 Å². The standard InChI is InChI=1S/C26H30FN5O3/c1-30-11-8-20(9-12-30)35-19-5-3-18(4-6-19)24-17-32(13-14-34-24)26-29-23(15-25(33)31(26)2)21-7-10-28-16-22(21)27/h3-7,10,15-16,20,24H,8-9,11-14,17H2,1-2H3/t24-/m1/s1. The number of nitrogens with zero attached hydrogens (tertiary/aromatic N) is 5. The summed E-state index contributed by atoms with van der Waals surface area (Å²) in [6.45, 7) is 3.70. The second-order valence-corrected chi connectivity index (χ2v) is 9.19. The molecule has 0 aliphatic carbocycles. The van der Waals surface area contributed by atoms with Gasteiger partial charge in [0, 0.05) is 44.5 Å². The molecule has 2 aromatic heterocycles. The highest BCUT2D eigenvalue weighted by Gasteiger charge is 2.26. The number of hydrogen-bond donors (Lipinski definition) is 0. The van der Waals surface area contributed by atoms with E-state index in [0.717, 1.165) is 43.4 Å². The van der Waals surface area contributed by atoms with Crippen LogP contribution in [-0.4, -0.2) is 65.4 Å². The third-order valence-electron chi connectivity index (χ3n) is 6.73. The third-order valence-corrected chi connectivity index (χ3v) is 6.73. The van der Waals surface area contributed by atoms with Gasteiger partial charge >= 0.3 is 0 Å². The zero-order valence-electron chi connectivity index (χ0n) is 20.1. The minimum Gasteiger partial charge on any atom is -0.490 e. The number of aromatic nitrogens is 3. The molecule has 2 aliphatic rings. The van der Waals surface area contributed by atoms with E-state index in [9.17, 15) is 9.18 Å². The zero-order valence-corrected chi connectivity index (χ0v) is 20.1. The predicted octanol–water partition coefficient (Wildman–Crippen LogP) is 3.03. The number of rotatable bonds is 5. The lowest BCUT2D eigenvalue weighted by molar-refractivity contribution is 0.0389. The molecular formula is C26H30FN5O3. The van der Waals surface area contributed by atoms with E-state index in [0.29, 0.717) is 31.3 Å². The van der Waals surface area contributed by atoms with E-state index in [4.69, 9.17) is 9.47 Å². The number of benzene rings is 1. The van der Waals surface area contributed by atoms with E-state index in [1.54, 1.807) is 7.05 Å². The molecule has 0 unspecified atom stereocenters. The average Bonchev–Trinajstić information content (AvgIpc) is 2.88. The van der Waals surface area contributed by atoms with Crippen LogP contribution in [0, 0.1) is 5.82 Å². The Bertz CT molecular complexity index is 1220. The second-order valence-electron chi connectivity index (χ2n) is 9.19. The molecule has 2 fully saturated rings. The van der Waals surface area contributed by atoms with Crippen molar-refractivity contribution in [1.29, 1.82) is 0 Å². The molecule has 2 saturated heterocycles. The van der Waals surface area contributed by atoms with Crippen LogP contribution in [0.3, 0.4) is 0 Å². The summed E-state index contributed by atoms with van der Waals surface area (Å²) < 4.78 is 28.0. The summed E-state index contributed by atoms with van der Waals surface area (Å²) in [6.07, 6.45) is 4.75. The Morgan fingerprint density at radius 2 is 1.86 bits per heavy atom. The fourth-order valence-electron chi connectivity index (χ4n) is 4.62. The topological polar surface area (TPSA) is 72.7 Å². The molecule has 0 amide bonds. The van der Waals surface area contributed by atoms with Crippen molar-refractivity contribution in [1.82, 2.24) is 19.4 Å². The number of anilines is 1. The highest BCUT2D eigenvalue weighted by molar-refractivity contribution is 5.60. The van der Waals surface area contributed by atoms with Gasteiger partial charge in [-0.05, 0) is 43.7 Å². The van der Waals surface area contributed by atoms with E-state index in [2.05, 4.69) is 21.9 Å². The molecule has 9 heteroatoms. The Kier molecular flexibility index (Phi) is 6.79. The summed E-state index contributed by atoms with van der Waals surface area (Å²) >= 11 is 0. The van der Waals surface area contributed by atoms with Gasteiger partial charge in [-0.15, -0.1) is 0 Å². The Morgan fingerprint density at radius 1 is 1.09 bits per heavy atom.